The zero-order valence-corrected chi connectivity index (χ0v) is 12.6. The van der Waals surface area contributed by atoms with Crippen molar-refractivity contribution >= 4 is 33.0 Å². The number of hydrogen-bond donors (Lipinski definition) is 3. The van der Waals surface area contributed by atoms with Crippen LogP contribution >= 0.6 is 15.9 Å². The highest BCUT2D eigenvalue weighted by Crippen LogP contribution is 2.27. The summed E-state index contributed by atoms with van der Waals surface area (Å²) in [5, 5.41) is 11.0. The number of hydrogen-bond acceptors (Lipinski definition) is 4. The molecule has 0 spiro atoms. The normalized spacial score (nSPS) is 22.3. The van der Waals surface area contributed by atoms with E-state index in [9.17, 15) is 4.79 Å². The Morgan fingerprint density at radius 1 is 1.60 bits per heavy atom. The van der Waals surface area contributed by atoms with Crippen LogP contribution in [-0.4, -0.2) is 34.7 Å². The fourth-order valence-electron chi connectivity index (χ4n) is 2.55. The number of aromatic nitrogens is 2. The fraction of sp³-hybridized carbons (Fsp3) is 0.385. The summed E-state index contributed by atoms with van der Waals surface area (Å²) in [6.45, 7) is 4.01. The number of nitrogens with zero attached hydrogens (tertiary/aromatic N) is 2. The number of nitrogens with two attached hydrogens (primary N) is 1. The maximum atomic E-state index is 11.6. The van der Waals surface area contributed by atoms with E-state index in [1.807, 2.05) is 12.3 Å². The standard InChI is InChI=1S/C13H16BrN5O/c1-7-3-16-5-10(7)18-12-9(13(15)20)4-17-19-6-8(14)2-11(12)19/h2,4,6-7,10,16,18H,3,5H2,1H3,(H2,15,20). The van der Waals surface area contributed by atoms with Crippen molar-refractivity contribution in [1.29, 1.82) is 0 Å². The highest BCUT2D eigenvalue weighted by molar-refractivity contribution is 9.10. The molecule has 3 rings (SSSR count). The predicted octanol–water partition coefficient (Wildman–Crippen LogP) is 1.22. The molecule has 2 atom stereocenters. The highest BCUT2D eigenvalue weighted by Gasteiger charge is 2.25. The van der Waals surface area contributed by atoms with E-state index in [1.54, 1.807) is 4.52 Å². The summed E-state index contributed by atoms with van der Waals surface area (Å²) in [6, 6.07) is 2.20. The van der Waals surface area contributed by atoms with E-state index in [2.05, 4.69) is 38.6 Å². The van der Waals surface area contributed by atoms with Crippen LogP contribution in [0, 0.1) is 5.92 Å². The number of rotatable bonds is 3. The van der Waals surface area contributed by atoms with Crippen LogP contribution < -0.4 is 16.4 Å². The Bertz CT molecular complexity index is 668. The molecule has 0 bridgehead atoms. The van der Waals surface area contributed by atoms with Crippen LogP contribution in [0.25, 0.3) is 5.52 Å². The van der Waals surface area contributed by atoms with Crippen molar-refractivity contribution in [2.45, 2.75) is 13.0 Å². The molecule has 4 N–H and O–H groups in total. The lowest BCUT2D eigenvalue weighted by Gasteiger charge is -2.20. The second kappa shape index (κ2) is 5.06. The number of carbonyl (C=O) groups excluding carboxylic acids is 1. The van der Waals surface area contributed by atoms with Crippen LogP contribution in [0.2, 0.25) is 0 Å². The summed E-state index contributed by atoms with van der Waals surface area (Å²) in [5.74, 6) is 0.0146. The first-order valence-electron chi connectivity index (χ1n) is 6.50. The van der Waals surface area contributed by atoms with E-state index in [1.165, 1.54) is 6.20 Å². The molecule has 7 heteroatoms. The van der Waals surface area contributed by atoms with Crippen molar-refractivity contribution in [3.8, 4) is 0 Å². The number of halogens is 1. The first kappa shape index (κ1) is 13.4. The molecule has 2 unspecified atom stereocenters. The summed E-state index contributed by atoms with van der Waals surface area (Å²) >= 11 is 3.43. The van der Waals surface area contributed by atoms with Gasteiger partial charge in [0.1, 0.15) is 0 Å². The lowest BCUT2D eigenvalue weighted by atomic mass is 10.1. The molecule has 1 fully saturated rings. The monoisotopic (exact) mass is 337 g/mol. The molecule has 6 nitrogen and oxygen atoms in total. The Hall–Kier alpha value is -1.60. The Kier molecular flexibility index (Phi) is 3.39. The molecule has 0 saturated carbocycles. The maximum Gasteiger partial charge on any atom is 0.252 e. The molecule has 0 aliphatic carbocycles. The molecule has 0 radical (unpaired) electrons. The summed E-state index contributed by atoms with van der Waals surface area (Å²) in [7, 11) is 0. The molecule has 106 valence electrons. The van der Waals surface area contributed by atoms with Gasteiger partial charge in [0.2, 0.25) is 0 Å². The smallest absolute Gasteiger partial charge is 0.252 e. The molecular weight excluding hydrogens is 322 g/mol. The molecule has 1 saturated heterocycles. The van der Waals surface area contributed by atoms with Gasteiger partial charge in [-0.25, -0.2) is 4.52 Å². The van der Waals surface area contributed by atoms with Gasteiger partial charge in [-0.1, -0.05) is 6.92 Å². The number of carbonyl (C=O) groups is 1. The first-order chi connectivity index (χ1) is 9.56. The van der Waals surface area contributed by atoms with Gasteiger partial charge in [0.25, 0.3) is 5.91 Å². The average Bonchev–Trinajstić information content (AvgIpc) is 2.95. The quantitative estimate of drug-likeness (QED) is 0.786. The molecule has 1 aliphatic heterocycles. The number of anilines is 1. The first-order valence-corrected chi connectivity index (χ1v) is 7.29. The summed E-state index contributed by atoms with van der Waals surface area (Å²) in [5.41, 5.74) is 7.47. The molecule has 3 heterocycles. The number of amides is 1. The van der Waals surface area contributed by atoms with Crippen molar-refractivity contribution in [2.24, 2.45) is 11.7 Å². The van der Waals surface area contributed by atoms with Gasteiger partial charge < -0.3 is 16.4 Å². The molecule has 0 aromatic carbocycles. The van der Waals surface area contributed by atoms with Crippen LogP contribution in [0.4, 0.5) is 5.69 Å². The largest absolute Gasteiger partial charge is 0.378 e. The molecular formula is C13H16BrN5O. The second-order valence-electron chi connectivity index (χ2n) is 5.17. The number of fused-ring (bicyclic) bond motifs is 1. The van der Waals surface area contributed by atoms with E-state index in [-0.39, 0.29) is 6.04 Å². The van der Waals surface area contributed by atoms with Crippen LogP contribution in [0.5, 0.6) is 0 Å². The van der Waals surface area contributed by atoms with Gasteiger partial charge in [-0.3, -0.25) is 4.79 Å². The summed E-state index contributed by atoms with van der Waals surface area (Å²) in [6.07, 6.45) is 3.36. The number of primary amides is 1. The minimum Gasteiger partial charge on any atom is -0.378 e. The van der Waals surface area contributed by atoms with Gasteiger partial charge in [0.05, 0.1) is 23.0 Å². The second-order valence-corrected chi connectivity index (χ2v) is 6.09. The zero-order valence-electron chi connectivity index (χ0n) is 11.1. The van der Waals surface area contributed by atoms with Gasteiger partial charge in [-0.15, -0.1) is 0 Å². The molecule has 2 aromatic rings. The molecule has 1 amide bonds. The maximum absolute atomic E-state index is 11.6. The lowest BCUT2D eigenvalue weighted by Crippen LogP contribution is -2.29. The Balaban J connectivity index is 2.09. The Morgan fingerprint density at radius 2 is 2.40 bits per heavy atom. The van der Waals surface area contributed by atoms with E-state index >= 15 is 0 Å². The fourth-order valence-corrected chi connectivity index (χ4v) is 2.96. The van der Waals surface area contributed by atoms with Crippen molar-refractivity contribution in [2.75, 3.05) is 18.4 Å². The number of nitrogens with one attached hydrogen (secondary N) is 2. The Labute approximate surface area is 124 Å². The van der Waals surface area contributed by atoms with E-state index in [0.717, 1.165) is 28.8 Å². The van der Waals surface area contributed by atoms with E-state index in [4.69, 9.17) is 5.73 Å². The minimum atomic E-state index is -0.474. The third kappa shape index (κ3) is 2.27. The molecule has 1 aliphatic rings. The van der Waals surface area contributed by atoms with Crippen LogP contribution in [0.15, 0.2) is 22.9 Å². The van der Waals surface area contributed by atoms with Gasteiger partial charge in [-0.05, 0) is 34.5 Å². The zero-order chi connectivity index (χ0) is 14.3. The molecule has 2 aromatic heterocycles. The highest BCUT2D eigenvalue weighted by atomic mass is 79.9. The lowest BCUT2D eigenvalue weighted by molar-refractivity contribution is 0.100. The summed E-state index contributed by atoms with van der Waals surface area (Å²) in [4.78, 5) is 11.6. The van der Waals surface area contributed by atoms with Gasteiger partial charge in [0.15, 0.2) is 0 Å². The Morgan fingerprint density at radius 3 is 3.05 bits per heavy atom. The van der Waals surface area contributed by atoms with Crippen molar-refractivity contribution in [3.05, 3.63) is 28.5 Å². The van der Waals surface area contributed by atoms with Crippen molar-refractivity contribution < 1.29 is 4.79 Å². The summed E-state index contributed by atoms with van der Waals surface area (Å²) < 4.78 is 2.64. The van der Waals surface area contributed by atoms with Gasteiger partial charge >= 0.3 is 0 Å². The van der Waals surface area contributed by atoms with Crippen molar-refractivity contribution in [3.63, 3.8) is 0 Å². The third-order valence-corrected chi connectivity index (χ3v) is 4.15. The van der Waals surface area contributed by atoms with E-state index in [0.29, 0.717) is 11.5 Å². The van der Waals surface area contributed by atoms with Crippen LogP contribution in [0.1, 0.15) is 17.3 Å². The van der Waals surface area contributed by atoms with Crippen LogP contribution in [-0.2, 0) is 0 Å². The third-order valence-electron chi connectivity index (χ3n) is 3.72. The molecule has 20 heavy (non-hydrogen) atoms. The predicted molar refractivity (Wildman–Crippen MR) is 80.9 cm³/mol. The topological polar surface area (TPSA) is 84.5 Å². The SMILES string of the molecule is CC1CNCC1Nc1c(C(N)=O)cnn2cc(Br)cc12. The van der Waals surface area contributed by atoms with Crippen LogP contribution in [0.3, 0.4) is 0 Å². The average molecular weight is 338 g/mol. The van der Waals surface area contributed by atoms with Crippen molar-refractivity contribution in [1.82, 2.24) is 14.9 Å². The van der Waals surface area contributed by atoms with Gasteiger partial charge in [-0.2, -0.15) is 5.10 Å². The van der Waals surface area contributed by atoms with E-state index < -0.39 is 5.91 Å². The minimum absolute atomic E-state index is 0.271. The van der Waals surface area contributed by atoms with Gasteiger partial charge in [0, 0.05) is 23.3 Å².